The maximum absolute atomic E-state index is 9.65. The summed E-state index contributed by atoms with van der Waals surface area (Å²) < 4.78 is 0. The minimum Gasteiger partial charge on any atom is -0.396 e. The van der Waals surface area contributed by atoms with E-state index in [1.54, 1.807) is 0 Å². The molecule has 0 saturated heterocycles. The molecular formula is C17H33NO. The molecule has 2 aliphatic carbocycles. The van der Waals surface area contributed by atoms with Crippen LogP contribution in [0.2, 0.25) is 0 Å². The van der Waals surface area contributed by atoms with E-state index in [0.717, 1.165) is 12.5 Å². The SMILES string of the molecule is CC(C)(C)C1CCC(NCC2(CO)CCCC2)CC1. The molecule has 0 aromatic rings. The Morgan fingerprint density at radius 2 is 1.63 bits per heavy atom. The van der Waals surface area contributed by atoms with Crippen LogP contribution in [0.1, 0.15) is 72.1 Å². The van der Waals surface area contributed by atoms with Crippen molar-refractivity contribution in [2.75, 3.05) is 13.2 Å². The molecule has 0 aromatic heterocycles. The first kappa shape index (κ1) is 15.3. The zero-order valence-electron chi connectivity index (χ0n) is 13.2. The van der Waals surface area contributed by atoms with E-state index in [1.165, 1.54) is 51.4 Å². The lowest BCUT2D eigenvalue weighted by Gasteiger charge is -2.38. The van der Waals surface area contributed by atoms with Gasteiger partial charge in [-0.15, -0.1) is 0 Å². The summed E-state index contributed by atoms with van der Waals surface area (Å²) in [5.74, 6) is 0.892. The molecule has 0 atom stereocenters. The molecule has 2 fully saturated rings. The van der Waals surface area contributed by atoms with Crippen LogP contribution in [0.5, 0.6) is 0 Å². The van der Waals surface area contributed by atoms with E-state index in [-0.39, 0.29) is 5.41 Å². The molecule has 2 nitrogen and oxygen atoms in total. The van der Waals surface area contributed by atoms with Crippen LogP contribution in [-0.4, -0.2) is 24.3 Å². The number of hydrogen-bond donors (Lipinski definition) is 2. The minimum absolute atomic E-state index is 0.209. The minimum atomic E-state index is 0.209. The Morgan fingerprint density at radius 1 is 1.05 bits per heavy atom. The summed E-state index contributed by atoms with van der Waals surface area (Å²) >= 11 is 0. The molecular weight excluding hydrogens is 234 g/mol. The van der Waals surface area contributed by atoms with E-state index in [1.807, 2.05) is 0 Å². The van der Waals surface area contributed by atoms with Crippen LogP contribution < -0.4 is 5.32 Å². The van der Waals surface area contributed by atoms with Crippen molar-refractivity contribution >= 4 is 0 Å². The van der Waals surface area contributed by atoms with Crippen molar-refractivity contribution in [3.63, 3.8) is 0 Å². The van der Waals surface area contributed by atoms with Crippen LogP contribution in [0.3, 0.4) is 0 Å². The van der Waals surface area contributed by atoms with E-state index < -0.39 is 0 Å². The fourth-order valence-electron chi connectivity index (χ4n) is 4.04. The topological polar surface area (TPSA) is 32.3 Å². The molecule has 0 radical (unpaired) electrons. The van der Waals surface area contributed by atoms with E-state index in [9.17, 15) is 5.11 Å². The predicted molar refractivity (Wildman–Crippen MR) is 81.2 cm³/mol. The Balaban J connectivity index is 1.74. The Labute approximate surface area is 119 Å². The molecule has 2 saturated carbocycles. The van der Waals surface area contributed by atoms with Gasteiger partial charge < -0.3 is 10.4 Å². The van der Waals surface area contributed by atoms with Crippen LogP contribution in [0.4, 0.5) is 0 Å². The molecule has 0 amide bonds. The van der Waals surface area contributed by atoms with Crippen LogP contribution in [-0.2, 0) is 0 Å². The molecule has 0 bridgehead atoms. The Kier molecular flexibility index (Phi) is 4.94. The molecule has 2 aliphatic rings. The number of rotatable bonds is 4. The third kappa shape index (κ3) is 3.95. The smallest absolute Gasteiger partial charge is 0.0499 e. The molecule has 0 unspecified atom stereocenters. The first-order valence-corrected chi connectivity index (χ1v) is 8.29. The lowest BCUT2D eigenvalue weighted by Crippen LogP contribution is -2.43. The van der Waals surface area contributed by atoms with Crippen molar-refractivity contribution in [2.45, 2.75) is 78.2 Å². The van der Waals surface area contributed by atoms with Crippen molar-refractivity contribution in [1.82, 2.24) is 5.32 Å². The van der Waals surface area contributed by atoms with Crippen LogP contribution in [0.25, 0.3) is 0 Å². The van der Waals surface area contributed by atoms with Crippen molar-refractivity contribution in [3.8, 4) is 0 Å². The molecule has 112 valence electrons. The fraction of sp³-hybridized carbons (Fsp3) is 1.00. The Hall–Kier alpha value is -0.0800. The highest BCUT2D eigenvalue weighted by Gasteiger charge is 2.35. The highest BCUT2D eigenvalue weighted by atomic mass is 16.3. The van der Waals surface area contributed by atoms with Gasteiger partial charge in [-0.3, -0.25) is 0 Å². The van der Waals surface area contributed by atoms with E-state index in [2.05, 4.69) is 26.1 Å². The van der Waals surface area contributed by atoms with Crippen LogP contribution >= 0.6 is 0 Å². The van der Waals surface area contributed by atoms with Gasteiger partial charge in [0, 0.05) is 24.6 Å². The highest BCUT2D eigenvalue weighted by molar-refractivity contribution is 4.89. The van der Waals surface area contributed by atoms with Crippen molar-refractivity contribution in [1.29, 1.82) is 0 Å². The van der Waals surface area contributed by atoms with Gasteiger partial charge in [-0.25, -0.2) is 0 Å². The van der Waals surface area contributed by atoms with Crippen molar-refractivity contribution in [2.24, 2.45) is 16.7 Å². The quantitative estimate of drug-likeness (QED) is 0.813. The lowest BCUT2D eigenvalue weighted by molar-refractivity contribution is 0.113. The number of aliphatic hydroxyl groups excluding tert-OH is 1. The summed E-state index contributed by atoms with van der Waals surface area (Å²) in [6, 6.07) is 0.697. The summed E-state index contributed by atoms with van der Waals surface area (Å²) in [5.41, 5.74) is 0.684. The van der Waals surface area contributed by atoms with Crippen LogP contribution in [0.15, 0.2) is 0 Å². The zero-order chi connectivity index (χ0) is 13.9. The second kappa shape index (κ2) is 6.13. The normalized spacial score (nSPS) is 31.6. The Morgan fingerprint density at radius 3 is 2.11 bits per heavy atom. The molecule has 0 aromatic carbocycles. The third-order valence-electron chi connectivity index (χ3n) is 5.72. The predicted octanol–water partition coefficient (Wildman–Crippen LogP) is 3.73. The molecule has 0 aliphatic heterocycles. The zero-order valence-corrected chi connectivity index (χ0v) is 13.2. The molecule has 19 heavy (non-hydrogen) atoms. The summed E-state index contributed by atoms with van der Waals surface area (Å²) in [5, 5.41) is 13.4. The number of hydrogen-bond acceptors (Lipinski definition) is 2. The summed E-state index contributed by atoms with van der Waals surface area (Å²) in [6.07, 6.45) is 10.4. The number of nitrogens with one attached hydrogen (secondary N) is 1. The van der Waals surface area contributed by atoms with Gasteiger partial charge in [-0.1, -0.05) is 33.6 Å². The van der Waals surface area contributed by atoms with Gasteiger partial charge in [0.1, 0.15) is 0 Å². The second-order valence-corrected chi connectivity index (χ2v) is 8.16. The molecule has 0 spiro atoms. The van der Waals surface area contributed by atoms with Crippen molar-refractivity contribution in [3.05, 3.63) is 0 Å². The maximum Gasteiger partial charge on any atom is 0.0499 e. The third-order valence-corrected chi connectivity index (χ3v) is 5.72. The average molecular weight is 267 g/mol. The summed E-state index contributed by atoms with van der Waals surface area (Å²) in [4.78, 5) is 0. The van der Waals surface area contributed by atoms with Gasteiger partial charge in [-0.2, -0.15) is 0 Å². The van der Waals surface area contributed by atoms with Gasteiger partial charge in [0.05, 0.1) is 0 Å². The van der Waals surface area contributed by atoms with Crippen molar-refractivity contribution < 1.29 is 5.11 Å². The summed E-state index contributed by atoms with van der Waals surface area (Å²) in [6.45, 7) is 8.55. The van der Waals surface area contributed by atoms with Gasteiger partial charge in [0.15, 0.2) is 0 Å². The lowest BCUT2D eigenvalue weighted by atomic mass is 9.71. The largest absolute Gasteiger partial charge is 0.396 e. The van der Waals surface area contributed by atoms with Gasteiger partial charge in [0.25, 0.3) is 0 Å². The molecule has 2 rings (SSSR count). The average Bonchev–Trinajstić information content (AvgIpc) is 2.85. The summed E-state index contributed by atoms with van der Waals surface area (Å²) in [7, 11) is 0. The van der Waals surface area contributed by atoms with Gasteiger partial charge >= 0.3 is 0 Å². The fourth-order valence-corrected chi connectivity index (χ4v) is 4.04. The number of aliphatic hydroxyl groups is 1. The molecule has 0 heterocycles. The Bertz CT molecular complexity index is 267. The van der Waals surface area contributed by atoms with Gasteiger partial charge in [-0.05, 0) is 49.9 Å². The maximum atomic E-state index is 9.65. The van der Waals surface area contributed by atoms with E-state index in [0.29, 0.717) is 18.1 Å². The molecule has 2 N–H and O–H groups in total. The van der Waals surface area contributed by atoms with Crippen LogP contribution in [0, 0.1) is 16.7 Å². The highest BCUT2D eigenvalue weighted by Crippen LogP contribution is 2.39. The van der Waals surface area contributed by atoms with E-state index >= 15 is 0 Å². The second-order valence-electron chi connectivity index (χ2n) is 8.16. The first-order valence-electron chi connectivity index (χ1n) is 8.29. The standard InChI is InChI=1S/C17H33NO/c1-16(2,3)14-6-8-15(9-7-14)18-12-17(13-19)10-4-5-11-17/h14-15,18-19H,4-13H2,1-3H3. The molecule has 2 heteroatoms. The van der Waals surface area contributed by atoms with E-state index in [4.69, 9.17) is 0 Å². The monoisotopic (exact) mass is 267 g/mol. The first-order chi connectivity index (χ1) is 8.95. The van der Waals surface area contributed by atoms with Gasteiger partial charge in [0.2, 0.25) is 0 Å².